The van der Waals surface area contributed by atoms with Gasteiger partial charge in [0.25, 0.3) is 0 Å². The van der Waals surface area contributed by atoms with Gasteiger partial charge >= 0.3 is 0 Å². The van der Waals surface area contributed by atoms with Crippen LogP contribution in [0.3, 0.4) is 0 Å². The van der Waals surface area contributed by atoms with Crippen LogP contribution in [0, 0.1) is 5.82 Å². The number of rotatable bonds is 6. The summed E-state index contributed by atoms with van der Waals surface area (Å²) < 4.78 is 24.6. The molecule has 0 aliphatic heterocycles. The third kappa shape index (κ3) is 3.35. The molecule has 0 saturated heterocycles. The monoisotopic (exact) mass is 280 g/mol. The molecule has 1 atom stereocenters. The second kappa shape index (κ2) is 6.33. The summed E-state index contributed by atoms with van der Waals surface area (Å²) in [5, 5.41) is 3.22. The van der Waals surface area contributed by atoms with E-state index >= 15 is 0 Å². The Balaban J connectivity index is 2.15. The lowest BCUT2D eigenvalue weighted by atomic mass is 10.2. The van der Waals surface area contributed by atoms with Crippen LogP contribution in [0.1, 0.15) is 38.1 Å². The van der Waals surface area contributed by atoms with Gasteiger partial charge in [-0.1, -0.05) is 13.8 Å². The molecule has 0 fully saturated rings. The number of benzene rings is 1. The van der Waals surface area contributed by atoms with Crippen LogP contribution in [0.2, 0.25) is 0 Å². The summed E-state index contributed by atoms with van der Waals surface area (Å²) >= 11 is 0. The first-order valence-corrected chi connectivity index (χ1v) is 6.83. The molecule has 0 radical (unpaired) electrons. The minimum Gasteiger partial charge on any atom is -0.437 e. The highest BCUT2D eigenvalue weighted by atomic mass is 19.1. The number of oxazole rings is 1. The number of fused-ring (bicyclic) bond motifs is 1. The average molecular weight is 280 g/mol. The summed E-state index contributed by atoms with van der Waals surface area (Å²) in [5.41, 5.74) is 1.66. The lowest BCUT2D eigenvalue weighted by Gasteiger charge is -2.10. The predicted octanol–water partition coefficient (Wildman–Crippen LogP) is 3.21. The molecule has 0 spiro atoms. The van der Waals surface area contributed by atoms with Crippen LogP contribution in [0.5, 0.6) is 0 Å². The fourth-order valence-electron chi connectivity index (χ4n) is 1.92. The zero-order chi connectivity index (χ0) is 14.7. The molecule has 1 N–H and O–H groups in total. The second-order valence-corrected chi connectivity index (χ2v) is 5.31. The zero-order valence-corrected chi connectivity index (χ0v) is 12.4. The number of ether oxygens (including phenoxy) is 1. The Hall–Kier alpha value is -1.46. The third-order valence-corrected chi connectivity index (χ3v) is 3.18. The van der Waals surface area contributed by atoms with E-state index in [0.717, 1.165) is 5.56 Å². The number of aromatic nitrogens is 1. The van der Waals surface area contributed by atoms with Gasteiger partial charge in [-0.2, -0.15) is 0 Å². The van der Waals surface area contributed by atoms with Gasteiger partial charge in [-0.15, -0.1) is 0 Å². The van der Waals surface area contributed by atoms with Crippen molar-refractivity contribution in [2.75, 3.05) is 13.7 Å². The number of hydrogen-bond donors (Lipinski definition) is 1. The Morgan fingerprint density at radius 1 is 1.35 bits per heavy atom. The second-order valence-electron chi connectivity index (χ2n) is 5.31. The molecule has 110 valence electrons. The van der Waals surface area contributed by atoms with Crippen LogP contribution in [-0.4, -0.2) is 24.7 Å². The minimum atomic E-state index is -0.363. The van der Waals surface area contributed by atoms with Crippen molar-refractivity contribution in [2.45, 2.75) is 39.3 Å². The summed E-state index contributed by atoms with van der Waals surface area (Å²) in [6.07, 6.45) is 0.128. The first kappa shape index (κ1) is 14.9. The van der Waals surface area contributed by atoms with Crippen molar-refractivity contribution in [3.63, 3.8) is 0 Å². The number of hydrogen-bond acceptors (Lipinski definition) is 4. The van der Waals surface area contributed by atoms with Gasteiger partial charge < -0.3 is 14.5 Å². The largest absolute Gasteiger partial charge is 0.437 e. The highest BCUT2D eigenvalue weighted by Gasteiger charge is 2.14. The molecule has 0 amide bonds. The summed E-state index contributed by atoms with van der Waals surface area (Å²) in [7, 11) is 1.67. The standard InChI is InChI=1S/C15H21FN2O2/c1-9(2)15-18-13-6-11(5-12(16)14(13)20-15)8-17-7-10(3)19-4/h5-6,9-10,17H,7-8H2,1-4H3/t10-/m0/s1. The van der Waals surface area contributed by atoms with E-state index in [-0.39, 0.29) is 23.4 Å². The van der Waals surface area contributed by atoms with Crippen LogP contribution in [0.15, 0.2) is 16.5 Å². The maximum atomic E-state index is 14.0. The molecule has 1 aromatic heterocycles. The Labute approximate surface area is 118 Å². The van der Waals surface area contributed by atoms with Gasteiger partial charge in [0, 0.05) is 26.1 Å². The Morgan fingerprint density at radius 2 is 2.10 bits per heavy atom. The number of nitrogens with one attached hydrogen (secondary N) is 1. The van der Waals surface area contributed by atoms with Crippen molar-refractivity contribution in [2.24, 2.45) is 0 Å². The Morgan fingerprint density at radius 3 is 2.75 bits per heavy atom. The van der Waals surface area contributed by atoms with Crippen molar-refractivity contribution < 1.29 is 13.5 Å². The van der Waals surface area contributed by atoms with E-state index < -0.39 is 0 Å². The predicted molar refractivity (Wildman–Crippen MR) is 76.2 cm³/mol. The van der Waals surface area contributed by atoms with Crippen molar-refractivity contribution in [1.29, 1.82) is 0 Å². The van der Waals surface area contributed by atoms with Crippen molar-refractivity contribution in [3.8, 4) is 0 Å². The molecular formula is C15H21FN2O2. The van der Waals surface area contributed by atoms with Gasteiger partial charge in [-0.05, 0) is 24.6 Å². The zero-order valence-electron chi connectivity index (χ0n) is 12.4. The summed E-state index contributed by atoms with van der Waals surface area (Å²) in [5.74, 6) is 0.349. The molecule has 20 heavy (non-hydrogen) atoms. The highest BCUT2D eigenvalue weighted by Crippen LogP contribution is 2.24. The quantitative estimate of drug-likeness (QED) is 0.882. The molecule has 2 aromatic rings. The molecule has 0 saturated carbocycles. The molecular weight excluding hydrogens is 259 g/mol. The normalized spacial score (nSPS) is 13.3. The third-order valence-electron chi connectivity index (χ3n) is 3.18. The number of halogens is 1. The van der Waals surface area contributed by atoms with Crippen LogP contribution in [0.25, 0.3) is 11.1 Å². The van der Waals surface area contributed by atoms with Crippen LogP contribution in [0.4, 0.5) is 4.39 Å². The lowest BCUT2D eigenvalue weighted by molar-refractivity contribution is 0.117. The summed E-state index contributed by atoms with van der Waals surface area (Å²) in [6.45, 7) is 7.20. The van der Waals surface area contributed by atoms with E-state index in [2.05, 4.69) is 10.3 Å². The van der Waals surface area contributed by atoms with Crippen LogP contribution >= 0.6 is 0 Å². The van der Waals surface area contributed by atoms with E-state index in [1.54, 1.807) is 7.11 Å². The molecule has 1 heterocycles. The molecule has 1 aromatic carbocycles. The van der Waals surface area contributed by atoms with Gasteiger partial charge in [0.2, 0.25) is 0 Å². The fraction of sp³-hybridized carbons (Fsp3) is 0.533. The van der Waals surface area contributed by atoms with Crippen LogP contribution < -0.4 is 5.32 Å². The van der Waals surface area contributed by atoms with Gasteiger partial charge in [-0.3, -0.25) is 0 Å². The minimum absolute atomic E-state index is 0.128. The Bertz CT molecular complexity index is 581. The first-order chi connectivity index (χ1) is 9.51. The molecule has 0 unspecified atom stereocenters. The molecule has 4 nitrogen and oxygen atoms in total. The number of methoxy groups -OCH3 is 1. The molecule has 0 bridgehead atoms. The van der Waals surface area contributed by atoms with E-state index in [0.29, 0.717) is 24.5 Å². The smallest absolute Gasteiger partial charge is 0.198 e. The van der Waals surface area contributed by atoms with Gasteiger partial charge in [0.1, 0.15) is 5.52 Å². The first-order valence-electron chi connectivity index (χ1n) is 6.83. The average Bonchev–Trinajstić information content (AvgIpc) is 2.83. The lowest BCUT2D eigenvalue weighted by Crippen LogP contribution is -2.25. The summed E-state index contributed by atoms with van der Waals surface area (Å²) in [4.78, 5) is 4.33. The topological polar surface area (TPSA) is 47.3 Å². The Kier molecular flexibility index (Phi) is 4.73. The van der Waals surface area contributed by atoms with E-state index in [1.807, 2.05) is 26.8 Å². The van der Waals surface area contributed by atoms with Gasteiger partial charge in [0.05, 0.1) is 6.10 Å². The van der Waals surface area contributed by atoms with Crippen molar-refractivity contribution in [1.82, 2.24) is 10.3 Å². The number of nitrogens with zero attached hydrogens (tertiary/aromatic N) is 1. The van der Waals surface area contributed by atoms with Crippen molar-refractivity contribution in [3.05, 3.63) is 29.4 Å². The summed E-state index contributed by atoms with van der Waals surface area (Å²) in [6, 6.07) is 3.35. The van der Waals surface area contributed by atoms with E-state index in [1.165, 1.54) is 6.07 Å². The maximum absolute atomic E-state index is 14.0. The highest BCUT2D eigenvalue weighted by molar-refractivity contribution is 5.74. The van der Waals surface area contributed by atoms with E-state index in [9.17, 15) is 4.39 Å². The molecule has 5 heteroatoms. The van der Waals surface area contributed by atoms with Gasteiger partial charge in [-0.25, -0.2) is 9.37 Å². The van der Waals surface area contributed by atoms with Crippen molar-refractivity contribution >= 4 is 11.1 Å². The maximum Gasteiger partial charge on any atom is 0.198 e. The fourth-order valence-corrected chi connectivity index (χ4v) is 1.92. The van der Waals surface area contributed by atoms with Gasteiger partial charge in [0.15, 0.2) is 17.3 Å². The molecule has 0 aliphatic rings. The molecule has 2 rings (SSSR count). The molecule has 0 aliphatic carbocycles. The van der Waals surface area contributed by atoms with Crippen LogP contribution in [-0.2, 0) is 11.3 Å². The SMILES string of the molecule is CO[C@@H](C)CNCc1cc(F)c2oc(C(C)C)nc2c1. The van der Waals surface area contributed by atoms with E-state index in [4.69, 9.17) is 9.15 Å².